The van der Waals surface area contributed by atoms with Crippen molar-refractivity contribution < 1.29 is 13.9 Å². The highest BCUT2D eigenvalue weighted by Crippen LogP contribution is 2.39. The van der Waals surface area contributed by atoms with Gasteiger partial charge in [-0.25, -0.2) is 9.69 Å². The minimum absolute atomic E-state index is 0.0466. The lowest BCUT2D eigenvalue weighted by Crippen LogP contribution is -2.26. The Morgan fingerprint density at radius 1 is 1.09 bits per heavy atom. The number of amides is 1. The van der Waals surface area contributed by atoms with E-state index in [-0.39, 0.29) is 11.9 Å². The molecule has 0 bridgehead atoms. The lowest BCUT2D eigenvalue weighted by Gasteiger charge is -2.21. The Morgan fingerprint density at radius 3 is 2.55 bits per heavy atom. The van der Waals surface area contributed by atoms with Crippen LogP contribution in [0.15, 0.2) is 88.7 Å². The molecule has 1 atom stereocenters. The van der Waals surface area contributed by atoms with Crippen molar-refractivity contribution >= 4 is 11.6 Å². The summed E-state index contributed by atoms with van der Waals surface area (Å²) in [4.78, 5) is 12.9. The lowest BCUT2D eigenvalue weighted by molar-refractivity contribution is -0.132. The fourth-order valence-corrected chi connectivity index (χ4v) is 4.05. The molecule has 1 aliphatic rings. The van der Waals surface area contributed by atoms with E-state index in [1.165, 1.54) is 0 Å². The van der Waals surface area contributed by atoms with Gasteiger partial charge in [0, 0.05) is 30.2 Å². The zero-order valence-corrected chi connectivity index (χ0v) is 18.5. The summed E-state index contributed by atoms with van der Waals surface area (Å²) in [6, 6.07) is 21.1. The number of para-hydroxylation sites is 1. The molecule has 1 amide bonds. The molecule has 0 N–H and O–H groups in total. The van der Waals surface area contributed by atoms with Crippen LogP contribution >= 0.6 is 0 Å². The first-order chi connectivity index (χ1) is 16.2. The minimum atomic E-state index is -0.285. The molecule has 0 spiro atoms. The molecule has 5 rings (SSSR count). The number of ether oxygens (including phenoxy) is 1. The van der Waals surface area contributed by atoms with Crippen LogP contribution in [0.3, 0.4) is 0 Å². The summed E-state index contributed by atoms with van der Waals surface area (Å²) in [6.07, 6.45) is 4.52. The maximum Gasteiger partial charge on any atom is 0.242 e. The van der Waals surface area contributed by atoms with Crippen molar-refractivity contribution in [3.05, 3.63) is 90.5 Å². The summed E-state index contributed by atoms with van der Waals surface area (Å²) in [5.74, 6) is 1.40. The number of rotatable bonds is 6. The van der Waals surface area contributed by atoms with Gasteiger partial charge < -0.3 is 9.15 Å². The molecule has 7 heteroatoms. The monoisotopic (exact) mass is 440 g/mol. The minimum Gasteiger partial charge on any atom is -0.497 e. The molecule has 7 nitrogen and oxygen atoms in total. The summed E-state index contributed by atoms with van der Waals surface area (Å²) >= 11 is 0. The predicted molar refractivity (Wildman–Crippen MR) is 125 cm³/mol. The fraction of sp³-hybridized carbons (Fsp3) is 0.192. The van der Waals surface area contributed by atoms with Gasteiger partial charge in [-0.2, -0.15) is 10.2 Å². The van der Waals surface area contributed by atoms with Gasteiger partial charge in [0.2, 0.25) is 5.91 Å². The van der Waals surface area contributed by atoms with Gasteiger partial charge in [0.05, 0.1) is 30.8 Å². The Labute approximate surface area is 191 Å². The van der Waals surface area contributed by atoms with Crippen molar-refractivity contribution in [2.24, 2.45) is 5.10 Å². The Morgan fingerprint density at radius 2 is 1.88 bits per heavy atom. The van der Waals surface area contributed by atoms with Crippen molar-refractivity contribution in [3.63, 3.8) is 0 Å². The lowest BCUT2D eigenvalue weighted by atomic mass is 9.98. The predicted octanol–water partition coefficient (Wildman–Crippen LogP) is 5.23. The van der Waals surface area contributed by atoms with Gasteiger partial charge in [-0.15, -0.1) is 0 Å². The van der Waals surface area contributed by atoms with Crippen LogP contribution < -0.4 is 4.74 Å². The molecule has 0 fully saturated rings. The van der Waals surface area contributed by atoms with Gasteiger partial charge in [-0.1, -0.05) is 25.1 Å². The number of hydrazone groups is 1. The number of aromatic nitrogens is 2. The van der Waals surface area contributed by atoms with Crippen molar-refractivity contribution in [2.75, 3.05) is 7.11 Å². The van der Waals surface area contributed by atoms with E-state index in [0.717, 1.165) is 34.0 Å². The van der Waals surface area contributed by atoms with Gasteiger partial charge in [-0.05, 0) is 48.5 Å². The summed E-state index contributed by atoms with van der Waals surface area (Å²) in [7, 11) is 1.64. The number of hydrogen-bond donors (Lipinski definition) is 0. The number of carbonyl (C=O) groups excluding carboxylic acids is 1. The number of nitrogens with zero attached hydrogens (tertiary/aromatic N) is 4. The first-order valence-corrected chi connectivity index (χ1v) is 10.9. The molecular formula is C26H24N4O3. The van der Waals surface area contributed by atoms with Gasteiger partial charge in [-0.3, -0.25) is 4.79 Å². The fourth-order valence-electron chi connectivity index (χ4n) is 4.05. The van der Waals surface area contributed by atoms with Crippen LogP contribution in [0.4, 0.5) is 0 Å². The maximum atomic E-state index is 12.9. The van der Waals surface area contributed by atoms with E-state index in [2.05, 4.69) is 5.10 Å². The molecule has 0 aliphatic carbocycles. The number of furan rings is 1. The Bertz CT molecular complexity index is 1280. The highest BCUT2D eigenvalue weighted by molar-refractivity contribution is 6.01. The van der Waals surface area contributed by atoms with Gasteiger partial charge in [0.15, 0.2) is 0 Å². The van der Waals surface area contributed by atoms with Gasteiger partial charge >= 0.3 is 0 Å². The van der Waals surface area contributed by atoms with E-state index in [4.69, 9.17) is 14.3 Å². The largest absolute Gasteiger partial charge is 0.497 e. The molecular weight excluding hydrogens is 416 g/mol. The molecule has 0 unspecified atom stereocenters. The second-order valence-electron chi connectivity index (χ2n) is 7.78. The Balaban J connectivity index is 1.62. The number of carbonyl (C=O) groups is 1. The highest BCUT2D eigenvalue weighted by atomic mass is 16.5. The molecule has 2 aromatic heterocycles. The molecule has 1 aliphatic heterocycles. The molecule has 0 saturated carbocycles. The zero-order chi connectivity index (χ0) is 22.8. The summed E-state index contributed by atoms with van der Waals surface area (Å²) < 4.78 is 12.8. The van der Waals surface area contributed by atoms with Crippen LogP contribution in [-0.4, -0.2) is 33.5 Å². The third kappa shape index (κ3) is 3.93. The average molecular weight is 441 g/mol. The standard InChI is InChI=1S/C26H24N4O3/c1-3-25(31)30-23(16-22(27-30)24-10-7-15-33-24)21-17-29(19-8-5-4-6-9-19)28-26(21)18-11-13-20(32-2)14-12-18/h4-15,17,23H,3,16H2,1-2H3/t23-/m0/s1. The van der Waals surface area contributed by atoms with E-state index in [0.29, 0.717) is 18.6 Å². The van der Waals surface area contributed by atoms with E-state index in [1.54, 1.807) is 18.4 Å². The van der Waals surface area contributed by atoms with Crippen LogP contribution in [0.1, 0.15) is 37.1 Å². The highest BCUT2D eigenvalue weighted by Gasteiger charge is 2.36. The van der Waals surface area contributed by atoms with Crippen molar-refractivity contribution in [2.45, 2.75) is 25.8 Å². The first-order valence-electron chi connectivity index (χ1n) is 10.9. The number of benzene rings is 2. The van der Waals surface area contributed by atoms with Gasteiger partial charge in [0.25, 0.3) is 0 Å². The quantitative estimate of drug-likeness (QED) is 0.412. The molecule has 166 valence electrons. The van der Waals surface area contributed by atoms with E-state index >= 15 is 0 Å². The third-order valence-corrected chi connectivity index (χ3v) is 5.76. The van der Waals surface area contributed by atoms with Crippen molar-refractivity contribution in [1.29, 1.82) is 0 Å². The SMILES string of the molecule is CCC(=O)N1N=C(c2ccco2)C[C@H]1c1cn(-c2ccccc2)nc1-c1ccc(OC)cc1. The first kappa shape index (κ1) is 20.8. The van der Waals surface area contributed by atoms with E-state index in [9.17, 15) is 4.79 Å². The third-order valence-electron chi connectivity index (χ3n) is 5.76. The van der Waals surface area contributed by atoms with Crippen LogP contribution in [0.5, 0.6) is 5.75 Å². The summed E-state index contributed by atoms with van der Waals surface area (Å²) in [5, 5.41) is 11.2. The summed E-state index contributed by atoms with van der Waals surface area (Å²) in [6.45, 7) is 1.84. The second kappa shape index (κ2) is 8.78. The van der Waals surface area contributed by atoms with E-state index < -0.39 is 0 Å². The number of methoxy groups -OCH3 is 1. The van der Waals surface area contributed by atoms with Crippen LogP contribution in [-0.2, 0) is 4.79 Å². The zero-order valence-electron chi connectivity index (χ0n) is 18.5. The summed E-state index contributed by atoms with van der Waals surface area (Å²) in [5.41, 5.74) is 4.36. The van der Waals surface area contributed by atoms with Crippen LogP contribution in [0, 0.1) is 0 Å². The van der Waals surface area contributed by atoms with Crippen molar-refractivity contribution in [1.82, 2.24) is 14.8 Å². The Hall–Kier alpha value is -4.13. The Kier molecular flexibility index (Phi) is 5.52. The molecule has 3 heterocycles. The van der Waals surface area contributed by atoms with Crippen LogP contribution in [0.2, 0.25) is 0 Å². The van der Waals surface area contributed by atoms with E-state index in [1.807, 2.05) is 84.5 Å². The average Bonchev–Trinajstić information content (AvgIpc) is 3.63. The van der Waals surface area contributed by atoms with Crippen LogP contribution in [0.25, 0.3) is 16.9 Å². The topological polar surface area (TPSA) is 72.9 Å². The molecule has 4 aromatic rings. The maximum absolute atomic E-state index is 12.9. The molecule has 2 aromatic carbocycles. The van der Waals surface area contributed by atoms with Crippen molar-refractivity contribution in [3.8, 4) is 22.7 Å². The molecule has 0 radical (unpaired) electrons. The normalized spacial score (nSPS) is 15.5. The smallest absolute Gasteiger partial charge is 0.242 e. The molecule has 33 heavy (non-hydrogen) atoms. The molecule has 0 saturated heterocycles. The second-order valence-corrected chi connectivity index (χ2v) is 7.78. The number of hydrogen-bond acceptors (Lipinski definition) is 5. The van der Waals surface area contributed by atoms with Gasteiger partial charge in [0.1, 0.15) is 17.2 Å².